The van der Waals surface area contributed by atoms with Crippen LogP contribution in [0.15, 0.2) is 40.6 Å². The van der Waals surface area contributed by atoms with Gasteiger partial charge in [0.25, 0.3) is 5.91 Å². The molecule has 0 saturated carbocycles. The van der Waals surface area contributed by atoms with Gasteiger partial charge in [0.15, 0.2) is 5.82 Å². The van der Waals surface area contributed by atoms with Crippen LogP contribution in [-0.2, 0) is 4.79 Å². The quantitative estimate of drug-likeness (QED) is 0.453. The molecular weight excluding hydrogens is 306 g/mol. The van der Waals surface area contributed by atoms with E-state index in [9.17, 15) is 4.79 Å². The third-order valence-electron chi connectivity index (χ3n) is 2.62. The maximum atomic E-state index is 12.0. The van der Waals surface area contributed by atoms with Crippen LogP contribution in [0.1, 0.15) is 5.76 Å². The van der Waals surface area contributed by atoms with E-state index in [0.717, 1.165) is 0 Å². The van der Waals surface area contributed by atoms with Crippen LogP contribution < -0.4 is 16.4 Å². The minimum absolute atomic E-state index is 0.131. The minimum Gasteiger partial charge on any atom is -0.398 e. The summed E-state index contributed by atoms with van der Waals surface area (Å²) < 4.78 is 4.86. The Morgan fingerprint density at radius 2 is 2.27 bits per heavy atom. The lowest BCUT2D eigenvalue weighted by molar-refractivity contribution is -0.112. The first-order valence-electron chi connectivity index (χ1n) is 6.16. The van der Waals surface area contributed by atoms with Crippen molar-refractivity contribution in [2.24, 2.45) is 0 Å². The number of nitrogens with one attached hydrogen (secondary N) is 2. The number of aromatic nitrogens is 1. The number of rotatable bonds is 4. The van der Waals surface area contributed by atoms with Crippen molar-refractivity contribution in [2.75, 3.05) is 16.4 Å². The van der Waals surface area contributed by atoms with Crippen LogP contribution in [0.4, 0.5) is 17.2 Å². The molecule has 0 atom stereocenters. The first-order chi connectivity index (χ1) is 10.5. The van der Waals surface area contributed by atoms with Crippen molar-refractivity contribution < 1.29 is 9.32 Å². The number of carbonyl (C=O) groups excluding carboxylic acids is 1. The Labute approximate surface area is 131 Å². The van der Waals surface area contributed by atoms with Crippen LogP contribution in [0.5, 0.6) is 0 Å². The summed E-state index contributed by atoms with van der Waals surface area (Å²) in [5, 5.41) is 18.3. The zero-order chi connectivity index (χ0) is 16.1. The standard InChI is InChI=1S/C14H12ClN5O2/c1-8-4-13(20-22-8)18-7-9(6-16)14(21)19-10-2-3-12(17)11(15)5-10/h2-5,7H,17H2,1H3,(H,18,20)(H,19,21)/b9-7-. The van der Waals surface area contributed by atoms with E-state index in [-0.39, 0.29) is 5.57 Å². The summed E-state index contributed by atoms with van der Waals surface area (Å²) in [6, 6.07) is 8.07. The highest BCUT2D eigenvalue weighted by molar-refractivity contribution is 6.33. The second-order valence-corrected chi connectivity index (χ2v) is 4.73. The molecule has 0 fully saturated rings. The Morgan fingerprint density at radius 3 is 2.86 bits per heavy atom. The average Bonchev–Trinajstić information content (AvgIpc) is 2.89. The van der Waals surface area contributed by atoms with Gasteiger partial charge in [0.2, 0.25) is 0 Å². The van der Waals surface area contributed by atoms with Gasteiger partial charge in [0, 0.05) is 18.0 Å². The van der Waals surface area contributed by atoms with Crippen LogP contribution in [-0.4, -0.2) is 11.1 Å². The first kappa shape index (κ1) is 15.4. The SMILES string of the molecule is Cc1cc(N/C=C(/C#N)C(=O)Nc2ccc(N)c(Cl)c2)no1. The van der Waals surface area contributed by atoms with Crippen LogP contribution in [0.25, 0.3) is 0 Å². The molecule has 2 aromatic rings. The zero-order valence-electron chi connectivity index (χ0n) is 11.6. The van der Waals surface area contributed by atoms with E-state index in [0.29, 0.717) is 28.0 Å². The fraction of sp³-hybridized carbons (Fsp3) is 0.0714. The number of nitrogens with zero attached hydrogens (tertiary/aromatic N) is 2. The normalized spacial score (nSPS) is 10.9. The molecule has 112 valence electrons. The van der Waals surface area contributed by atoms with E-state index in [4.69, 9.17) is 27.1 Å². The lowest BCUT2D eigenvalue weighted by Gasteiger charge is -2.06. The summed E-state index contributed by atoms with van der Waals surface area (Å²) in [5.74, 6) is 0.417. The summed E-state index contributed by atoms with van der Waals surface area (Å²) in [6.07, 6.45) is 1.24. The molecule has 0 spiro atoms. The van der Waals surface area contributed by atoms with Gasteiger partial charge in [-0.15, -0.1) is 0 Å². The maximum absolute atomic E-state index is 12.0. The smallest absolute Gasteiger partial charge is 0.267 e. The van der Waals surface area contributed by atoms with E-state index >= 15 is 0 Å². The number of amides is 1. The molecule has 0 radical (unpaired) electrons. The maximum Gasteiger partial charge on any atom is 0.267 e. The number of nitrogen functional groups attached to an aromatic ring is 1. The van der Waals surface area contributed by atoms with Crippen molar-refractivity contribution in [3.63, 3.8) is 0 Å². The third-order valence-corrected chi connectivity index (χ3v) is 2.94. The van der Waals surface area contributed by atoms with E-state index < -0.39 is 5.91 Å². The third kappa shape index (κ3) is 3.77. The topological polar surface area (TPSA) is 117 Å². The molecule has 0 unspecified atom stereocenters. The van der Waals surface area contributed by atoms with Crippen molar-refractivity contribution in [1.82, 2.24) is 5.16 Å². The van der Waals surface area contributed by atoms with Crippen LogP contribution in [0.3, 0.4) is 0 Å². The Morgan fingerprint density at radius 1 is 1.50 bits per heavy atom. The molecule has 22 heavy (non-hydrogen) atoms. The van der Waals surface area contributed by atoms with Gasteiger partial charge >= 0.3 is 0 Å². The van der Waals surface area contributed by atoms with E-state index in [1.54, 1.807) is 31.2 Å². The van der Waals surface area contributed by atoms with E-state index in [2.05, 4.69) is 15.8 Å². The van der Waals surface area contributed by atoms with Gasteiger partial charge in [-0.2, -0.15) is 5.26 Å². The summed E-state index contributed by atoms with van der Waals surface area (Å²) in [6.45, 7) is 1.73. The number of anilines is 3. The first-order valence-corrected chi connectivity index (χ1v) is 6.54. The Hall–Kier alpha value is -2.98. The summed E-state index contributed by atoms with van der Waals surface area (Å²) in [5.41, 5.74) is 6.29. The van der Waals surface area contributed by atoms with Gasteiger partial charge in [0.1, 0.15) is 17.4 Å². The van der Waals surface area contributed by atoms with Gasteiger partial charge in [-0.3, -0.25) is 4.79 Å². The Kier molecular flexibility index (Phi) is 4.66. The number of nitriles is 1. The number of nitrogens with two attached hydrogens (primary N) is 1. The molecule has 0 aliphatic heterocycles. The van der Waals surface area contributed by atoms with E-state index in [1.165, 1.54) is 12.3 Å². The fourth-order valence-corrected chi connectivity index (χ4v) is 1.71. The summed E-state index contributed by atoms with van der Waals surface area (Å²) in [4.78, 5) is 12.0. The molecule has 0 aliphatic carbocycles. The number of halogens is 1. The van der Waals surface area contributed by atoms with Crippen molar-refractivity contribution in [3.05, 3.63) is 46.8 Å². The summed E-state index contributed by atoms with van der Waals surface area (Å²) in [7, 11) is 0. The second kappa shape index (κ2) is 6.65. The molecule has 7 nitrogen and oxygen atoms in total. The molecule has 1 amide bonds. The van der Waals surface area contributed by atoms with Gasteiger partial charge in [0.05, 0.1) is 10.7 Å². The van der Waals surface area contributed by atoms with Gasteiger partial charge < -0.3 is 20.9 Å². The molecule has 0 bridgehead atoms. The molecule has 4 N–H and O–H groups in total. The molecule has 0 aliphatic rings. The van der Waals surface area contributed by atoms with Crippen molar-refractivity contribution >= 4 is 34.7 Å². The number of carbonyl (C=O) groups is 1. The van der Waals surface area contributed by atoms with Crippen molar-refractivity contribution in [1.29, 1.82) is 5.26 Å². The lowest BCUT2D eigenvalue weighted by Crippen LogP contribution is -2.14. The predicted octanol–water partition coefficient (Wildman–Crippen LogP) is 2.68. The number of hydrogen-bond acceptors (Lipinski definition) is 6. The van der Waals surface area contributed by atoms with Crippen LogP contribution >= 0.6 is 11.6 Å². The molecule has 1 aromatic heterocycles. The highest BCUT2D eigenvalue weighted by atomic mass is 35.5. The Balaban J connectivity index is 2.08. The van der Waals surface area contributed by atoms with Gasteiger partial charge in [-0.25, -0.2) is 0 Å². The number of aryl methyl sites for hydroxylation is 1. The molecule has 1 aromatic carbocycles. The van der Waals surface area contributed by atoms with Crippen LogP contribution in [0, 0.1) is 18.3 Å². The largest absolute Gasteiger partial charge is 0.398 e. The molecular formula is C14H12ClN5O2. The molecule has 2 rings (SSSR count). The minimum atomic E-state index is -0.587. The van der Waals surface area contributed by atoms with Gasteiger partial charge in [-0.1, -0.05) is 16.8 Å². The number of benzene rings is 1. The zero-order valence-corrected chi connectivity index (χ0v) is 12.3. The van der Waals surface area contributed by atoms with Crippen molar-refractivity contribution in [3.8, 4) is 6.07 Å². The molecule has 0 saturated heterocycles. The van der Waals surface area contributed by atoms with E-state index in [1.807, 2.05) is 0 Å². The second-order valence-electron chi connectivity index (χ2n) is 4.33. The lowest BCUT2D eigenvalue weighted by atomic mass is 10.2. The highest BCUT2D eigenvalue weighted by Crippen LogP contribution is 2.22. The molecule has 1 heterocycles. The average molecular weight is 318 g/mol. The molecule has 8 heteroatoms. The Bertz CT molecular complexity index is 776. The monoisotopic (exact) mass is 317 g/mol. The number of hydrogen-bond donors (Lipinski definition) is 3. The van der Waals surface area contributed by atoms with Crippen LogP contribution in [0.2, 0.25) is 5.02 Å². The van der Waals surface area contributed by atoms with Gasteiger partial charge in [-0.05, 0) is 25.1 Å². The van der Waals surface area contributed by atoms with Crippen molar-refractivity contribution in [2.45, 2.75) is 6.92 Å². The summed E-state index contributed by atoms with van der Waals surface area (Å²) >= 11 is 5.87. The highest BCUT2D eigenvalue weighted by Gasteiger charge is 2.10. The fourth-order valence-electron chi connectivity index (χ4n) is 1.53. The predicted molar refractivity (Wildman–Crippen MR) is 83.1 cm³/mol.